The molecule has 112 valence electrons. The molecule has 0 saturated carbocycles. The van der Waals surface area contributed by atoms with Crippen molar-refractivity contribution in [1.29, 1.82) is 0 Å². The average Bonchev–Trinajstić information content (AvgIpc) is 2.46. The van der Waals surface area contributed by atoms with E-state index < -0.39 is 0 Å². The lowest BCUT2D eigenvalue weighted by Crippen LogP contribution is -2.06. The van der Waals surface area contributed by atoms with E-state index in [0.717, 1.165) is 5.56 Å². The Morgan fingerprint density at radius 3 is 1.81 bits per heavy atom. The van der Waals surface area contributed by atoms with E-state index in [2.05, 4.69) is 66.5 Å². The molecule has 0 nitrogen and oxygen atoms in total. The summed E-state index contributed by atoms with van der Waals surface area (Å²) in [6.45, 7) is 10.8. The molecule has 0 N–H and O–H groups in total. The van der Waals surface area contributed by atoms with Gasteiger partial charge in [0, 0.05) is 0 Å². The maximum atomic E-state index is 13.8. The van der Waals surface area contributed by atoms with Crippen LogP contribution in [-0.4, -0.2) is 0 Å². The van der Waals surface area contributed by atoms with Gasteiger partial charge in [0.15, 0.2) is 0 Å². The minimum atomic E-state index is -0.229. The van der Waals surface area contributed by atoms with Crippen LogP contribution in [0.2, 0.25) is 0 Å². The first-order chi connectivity index (χ1) is 9.75. The predicted octanol–water partition coefficient (Wildman–Crippen LogP) is 6.61. The number of rotatable bonds is 2. The van der Waals surface area contributed by atoms with Gasteiger partial charge in [-0.2, -0.15) is 0 Å². The van der Waals surface area contributed by atoms with Crippen LogP contribution in [0.4, 0.5) is 4.39 Å². The van der Waals surface area contributed by atoms with Gasteiger partial charge in [0.05, 0.1) is 9.30 Å². The number of benzene rings is 2. The normalized spacial score (nSPS) is 12.6. The zero-order chi connectivity index (χ0) is 15.9. The van der Waals surface area contributed by atoms with Crippen molar-refractivity contribution in [3.05, 3.63) is 67.4 Å². The van der Waals surface area contributed by atoms with Gasteiger partial charge in [0.2, 0.25) is 0 Å². The molecule has 0 aliphatic heterocycles. The Labute approximate surface area is 143 Å². The summed E-state index contributed by atoms with van der Waals surface area (Å²) in [6, 6.07) is 5.31. The van der Waals surface area contributed by atoms with Crippen LogP contribution in [0.1, 0.15) is 43.8 Å². The van der Waals surface area contributed by atoms with Gasteiger partial charge in [-0.3, -0.25) is 0 Å². The van der Waals surface area contributed by atoms with Gasteiger partial charge in [-0.1, -0.05) is 22.0 Å². The highest BCUT2D eigenvalue weighted by Crippen LogP contribution is 2.39. The van der Waals surface area contributed by atoms with Crippen LogP contribution in [0, 0.1) is 40.4 Å². The van der Waals surface area contributed by atoms with Gasteiger partial charge in [-0.15, -0.1) is 0 Å². The molecule has 1 unspecified atom stereocenters. The monoisotopic (exact) mass is 412 g/mol. The predicted molar refractivity (Wildman–Crippen MR) is 95.0 cm³/mol. The van der Waals surface area contributed by atoms with Crippen molar-refractivity contribution in [2.75, 3.05) is 0 Å². The fourth-order valence-corrected chi connectivity index (χ4v) is 3.96. The molecule has 0 saturated heterocycles. The van der Waals surface area contributed by atoms with Crippen molar-refractivity contribution in [2.45, 2.75) is 39.4 Å². The first-order valence-corrected chi connectivity index (χ1v) is 8.62. The molecule has 0 aliphatic carbocycles. The second-order valence-corrected chi connectivity index (χ2v) is 7.34. The summed E-state index contributed by atoms with van der Waals surface area (Å²) in [6.07, 6.45) is 0. The van der Waals surface area contributed by atoms with Crippen molar-refractivity contribution in [1.82, 2.24) is 0 Å². The van der Waals surface area contributed by atoms with Gasteiger partial charge in [-0.25, -0.2) is 4.39 Å². The molecule has 0 aromatic heterocycles. The summed E-state index contributed by atoms with van der Waals surface area (Å²) in [7, 11) is 0. The Morgan fingerprint density at radius 2 is 1.33 bits per heavy atom. The number of hydrogen-bond acceptors (Lipinski definition) is 0. The maximum absolute atomic E-state index is 13.8. The molecular formula is C18H19Br2F. The summed E-state index contributed by atoms with van der Waals surface area (Å²) in [5.74, 6) is -0.229. The SMILES string of the molecule is Cc1c(C)c(C)c(C(Br)c2ccc(Br)c(F)c2)c(C)c1C. The standard InChI is InChI=1S/C18H19Br2F/c1-9-10(2)12(4)17(13(5)11(9)3)18(20)14-6-7-15(19)16(21)8-14/h6-8,18H,1-5H3. The lowest BCUT2D eigenvalue weighted by Gasteiger charge is -2.22. The molecule has 0 amide bonds. The Morgan fingerprint density at radius 1 is 0.857 bits per heavy atom. The lowest BCUT2D eigenvalue weighted by atomic mass is 9.87. The summed E-state index contributed by atoms with van der Waals surface area (Å²) < 4.78 is 14.3. The highest BCUT2D eigenvalue weighted by atomic mass is 79.9. The van der Waals surface area contributed by atoms with E-state index >= 15 is 0 Å². The van der Waals surface area contributed by atoms with Gasteiger partial charge < -0.3 is 0 Å². The highest BCUT2D eigenvalue weighted by molar-refractivity contribution is 9.10. The van der Waals surface area contributed by atoms with Crippen LogP contribution in [-0.2, 0) is 0 Å². The fraction of sp³-hybridized carbons (Fsp3) is 0.333. The third-order valence-electron chi connectivity index (χ3n) is 4.55. The Balaban J connectivity index is 2.63. The van der Waals surface area contributed by atoms with Gasteiger partial charge >= 0.3 is 0 Å². The second kappa shape index (κ2) is 6.21. The van der Waals surface area contributed by atoms with Gasteiger partial charge in [-0.05, 0) is 102 Å². The van der Waals surface area contributed by atoms with Crippen LogP contribution in [0.25, 0.3) is 0 Å². The molecule has 0 heterocycles. The summed E-state index contributed by atoms with van der Waals surface area (Å²) in [5.41, 5.74) is 8.71. The zero-order valence-corrected chi connectivity index (χ0v) is 16.1. The van der Waals surface area contributed by atoms with E-state index in [1.807, 2.05) is 6.07 Å². The van der Waals surface area contributed by atoms with Crippen LogP contribution < -0.4 is 0 Å². The van der Waals surface area contributed by atoms with Crippen LogP contribution in [0.15, 0.2) is 22.7 Å². The third-order valence-corrected chi connectivity index (χ3v) is 6.18. The van der Waals surface area contributed by atoms with E-state index in [1.54, 1.807) is 12.1 Å². The topological polar surface area (TPSA) is 0 Å². The zero-order valence-electron chi connectivity index (χ0n) is 12.9. The molecule has 21 heavy (non-hydrogen) atoms. The van der Waals surface area contributed by atoms with Crippen molar-refractivity contribution in [2.24, 2.45) is 0 Å². The summed E-state index contributed by atoms with van der Waals surface area (Å²) in [5, 5.41) is 0. The lowest BCUT2D eigenvalue weighted by molar-refractivity contribution is 0.619. The molecule has 0 radical (unpaired) electrons. The molecular weight excluding hydrogens is 395 g/mol. The first-order valence-electron chi connectivity index (χ1n) is 6.91. The maximum Gasteiger partial charge on any atom is 0.137 e. The van der Waals surface area contributed by atoms with E-state index in [4.69, 9.17) is 0 Å². The largest absolute Gasteiger partial charge is 0.206 e. The number of halogens is 3. The quantitative estimate of drug-likeness (QED) is 0.485. The van der Waals surface area contributed by atoms with Crippen molar-refractivity contribution in [3.63, 3.8) is 0 Å². The van der Waals surface area contributed by atoms with Crippen LogP contribution >= 0.6 is 31.9 Å². The van der Waals surface area contributed by atoms with Crippen LogP contribution in [0.3, 0.4) is 0 Å². The molecule has 0 bridgehead atoms. The van der Waals surface area contributed by atoms with Crippen molar-refractivity contribution >= 4 is 31.9 Å². The summed E-state index contributed by atoms with van der Waals surface area (Å²) >= 11 is 6.97. The fourth-order valence-electron chi connectivity index (χ4n) is 2.75. The molecule has 2 aromatic rings. The van der Waals surface area contributed by atoms with E-state index in [0.29, 0.717) is 4.47 Å². The van der Waals surface area contributed by atoms with Gasteiger partial charge in [0.25, 0.3) is 0 Å². The molecule has 2 aromatic carbocycles. The molecule has 0 fully saturated rings. The Hall–Kier alpha value is -0.670. The van der Waals surface area contributed by atoms with E-state index in [9.17, 15) is 4.39 Å². The number of alkyl halides is 1. The minimum absolute atomic E-state index is 0.00176. The molecule has 0 aliphatic rings. The molecule has 3 heteroatoms. The average molecular weight is 414 g/mol. The number of hydrogen-bond donors (Lipinski definition) is 0. The second-order valence-electron chi connectivity index (χ2n) is 5.57. The molecule has 2 rings (SSSR count). The smallest absolute Gasteiger partial charge is 0.137 e. The van der Waals surface area contributed by atoms with Crippen LogP contribution in [0.5, 0.6) is 0 Å². The highest BCUT2D eigenvalue weighted by Gasteiger charge is 2.20. The third kappa shape index (κ3) is 2.95. The first kappa shape index (κ1) is 16.7. The molecule has 1 atom stereocenters. The van der Waals surface area contributed by atoms with E-state index in [1.165, 1.54) is 33.4 Å². The Kier molecular flexibility index (Phi) is 4.94. The van der Waals surface area contributed by atoms with E-state index in [-0.39, 0.29) is 10.6 Å². The minimum Gasteiger partial charge on any atom is -0.206 e. The van der Waals surface area contributed by atoms with Crippen molar-refractivity contribution < 1.29 is 4.39 Å². The van der Waals surface area contributed by atoms with Gasteiger partial charge in [0.1, 0.15) is 5.82 Å². The van der Waals surface area contributed by atoms with Crippen molar-refractivity contribution in [3.8, 4) is 0 Å². The Bertz CT molecular complexity index is 676. The molecule has 0 spiro atoms. The summed E-state index contributed by atoms with van der Waals surface area (Å²) in [4.78, 5) is -0.00176.